The van der Waals surface area contributed by atoms with Gasteiger partial charge in [0.25, 0.3) is 0 Å². The summed E-state index contributed by atoms with van der Waals surface area (Å²) >= 11 is 0. The molecule has 0 saturated carbocycles. The van der Waals surface area contributed by atoms with E-state index in [0.29, 0.717) is 0 Å². The molecule has 0 aliphatic rings. The van der Waals surface area contributed by atoms with Gasteiger partial charge in [0.05, 0.1) is 0 Å². The van der Waals surface area contributed by atoms with Gasteiger partial charge in [0, 0.05) is 0 Å². The summed E-state index contributed by atoms with van der Waals surface area (Å²) in [6, 6.07) is 0. The Morgan fingerprint density at radius 3 is 2.29 bits per heavy atom. The summed E-state index contributed by atoms with van der Waals surface area (Å²) in [6.45, 7) is 7.78. The van der Waals surface area contributed by atoms with Crippen molar-refractivity contribution in [1.29, 1.82) is 0 Å². The summed E-state index contributed by atoms with van der Waals surface area (Å²) in [5.41, 5.74) is 3.06. The fraction of sp³-hybridized carbons (Fsp3) is 0.600. The van der Waals surface area contributed by atoms with Crippen LogP contribution in [0.15, 0.2) is 0 Å². The standard InChI is InChI=1S/C10H16O3Si/c1-9(11)8-10(12)13-6-5-7-14(2,3)4/h6,8H2,1-4H3. The highest BCUT2D eigenvalue weighted by Gasteiger charge is 2.08. The normalized spacial score (nSPS) is 10.0. The summed E-state index contributed by atoms with van der Waals surface area (Å²) in [6.07, 6.45) is -0.158. The summed E-state index contributed by atoms with van der Waals surface area (Å²) in [5.74, 6) is 2.10. The molecule has 3 nitrogen and oxygen atoms in total. The smallest absolute Gasteiger partial charge is 0.314 e. The number of ketones is 1. The average Bonchev–Trinajstić information content (AvgIpc) is 1.95. The molecule has 0 saturated heterocycles. The van der Waals surface area contributed by atoms with Gasteiger partial charge in [0.15, 0.2) is 6.61 Å². The fourth-order valence-electron chi connectivity index (χ4n) is 0.672. The number of hydrogen-bond acceptors (Lipinski definition) is 3. The molecule has 0 N–H and O–H groups in total. The molecule has 0 spiro atoms. The van der Waals surface area contributed by atoms with E-state index in [1.165, 1.54) is 6.92 Å². The third kappa shape index (κ3) is 9.01. The third-order valence-corrected chi connectivity index (χ3v) is 2.09. The maximum absolute atomic E-state index is 10.9. The van der Waals surface area contributed by atoms with Gasteiger partial charge in [0.1, 0.15) is 20.3 Å². The minimum absolute atomic E-state index is 0.0936. The zero-order valence-electron chi connectivity index (χ0n) is 9.14. The van der Waals surface area contributed by atoms with Crippen molar-refractivity contribution in [2.24, 2.45) is 0 Å². The first kappa shape index (κ1) is 12.9. The molecule has 4 heteroatoms. The zero-order chi connectivity index (χ0) is 11.2. The van der Waals surface area contributed by atoms with Crippen LogP contribution >= 0.6 is 0 Å². The van der Waals surface area contributed by atoms with Crippen molar-refractivity contribution in [3.63, 3.8) is 0 Å². The van der Waals surface area contributed by atoms with E-state index in [-0.39, 0.29) is 18.8 Å². The minimum Gasteiger partial charge on any atom is -0.452 e. The largest absolute Gasteiger partial charge is 0.452 e. The van der Waals surface area contributed by atoms with E-state index in [4.69, 9.17) is 4.74 Å². The van der Waals surface area contributed by atoms with Gasteiger partial charge in [-0.3, -0.25) is 9.59 Å². The number of rotatable bonds is 3. The lowest BCUT2D eigenvalue weighted by Crippen LogP contribution is -2.17. The highest BCUT2D eigenvalue weighted by atomic mass is 28.3. The second kappa shape index (κ2) is 5.61. The van der Waals surface area contributed by atoms with Crippen LogP contribution in [0.3, 0.4) is 0 Å². The van der Waals surface area contributed by atoms with E-state index in [9.17, 15) is 9.59 Å². The topological polar surface area (TPSA) is 43.4 Å². The Labute approximate surface area is 85.8 Å². The molecule has 0 aliphatic heterocycles. The molecule has 0 radical (unpaired) electrons. The summed E-state index contributed by atoms with van der Waals surface area (Å²) in [5, 5.41) is 0. The van der Waals surface area contributed by atoms with E-state index in [1.54, 1.807) is 0 Å². The van der Waals surface area contributed by atoms with Gasteiger partial charge in [-0.15, -0.1) is 5.54 Å². The number of Topliss-reactive ketones (excluding diaryl/α,β-unsaturated/α-hetero) is 1. The van der Waals surface area contributed by atoms with Crippen LogP contribution < -0.4 is 0 Å². The van der Waals surface area contributed by atoms with Crippen molar-refractivity contribution in [2.45, 2.75) is 33.0 Å². The molecule has 0 aromatic rings. The fourth-order valence-corrected chi connectivity index (χ4v) is 1.27. The molecule has 0 aliphatic carbocycles. The molecule has 0 atom stereocenters. The molecule has 0 amide bonds. The average molecular weight is 212 g/mol. The van der Waals surface area contributed by atoms with Gasteiger partial charge in [-0.1, -0.05) is 25.6 Å². The van der Waals surface area contributed by atoms with Gasteiger partial charge in [0.2, 0.25) is 0 Å². The number of ether oxygens (including phenoxy) is 1. The van der Waals surface area contributed by atoms with Crippen LogP contribution in [0.2, 0.25) is 19.6 Å². The highest BCUT2D eigenvalue weighted by molar-refractivity contribution is 6.83. The van der Waals surface area contributed by atoms with E-state index in [2.05, 4.69) is 31.1 Å². The second-order valence-electron chi connectivity index (χ2n) is 4.09. The van der Waals surface area contributed by atoms with Gasteiger partial charge in [-0.2, -0.15) is 0 Å². The van der Waals surface area contributed by atoms with Gasteiger partial charge < -0.3 is 4.74 Å². The molecule has 0 unspecified atom stereocenters. The van der Waals surface area contributed by atoms with E-state index in [0.717, 1.165) is 0 Å². The lowest BCUT2D eigenvalue weighted by atomic mass is 10.3. The molecule has 0 heterocycles. The minimum atomic E-state index is -1.38. The lowest BCUT2D eigenvalue weighted by Gasteiger charge is -2.03. The number of hydrogen-bond donors (Lipinski definition) is 0. The number of carbonyl (C=O) groups is 2. The third-order valence-electron chi connectivity index (χ3n) is 1.16. The molecule has 0 rings (SSSR count). The number of carbonyl (C=O) groups excluding carboxylic acids is 2. The maximum Gasteiger partial charge on any atom is 0.314 e. The molecular weight excluding hydrogens is 196 g/mol. The molecule has 0 aromatic carbocycles. The quantitative estimate of drug-likeness (QED) is 0.307. The Morgan fingerprint density at radius 2 is 1.86 bits per heavy atom. The first-order valence-corrected chi connectivity index (χ1v) is 7.96. The van der Waals surface area contributed by atoms with E-state index < -0.39 is 14.0 Å². The predicted octanol–water partition coefficient (Wildman–Crippen LogP) is 1.39. The molecular formula is C10H16O3Si. The Hall–Kier alpha value is -1.08. The van der Waals surface area contributed by atoms with Crippen LogP contribution in [0.1, 0.15) is 13.3 Å². The van der Waals surface area contributed by atoms with Crippen LogP contribution in [0.4, 0.5) is 0 Å². The van der Waals surface area contributed by atoms with Crippen molar-refractivity contribution in [1.82, 2.24) is 0 Å². The van der Waals surface area contributed by atoms with Crippen molar-refractivity contribution in [3.8, 4) is 11.5 Å². The van der Waals surface area contributed by atoms with Crippen LogP contribution in [-0.4, -0.2) is 26.4 Å². The summed E-state index contributed by atoms with van der Waals surface area (Å²) in [7, 11) is -1.38. The van der Waals surface area contributed by atoms with Crippen molar-refractivity contribution >= 4 is 19.8 Å². The van der Waals surface area contributed by atoms with E-state index >= 15 is 0 Å². The Balaban J connectivity index is 3.78. The second-order valence-corrected chi connectivity index (χ2v) is 8.84. The number of esters is 1. The van der Waals surface area contributed by atoms with Crippen molar-refractivity contribution in [2.75, 3.05) is 6.61 Å². The van der Waals surface area contributed by atoms with Gasteiger partial charge >= 0.3 is 5.97 Å². The Kier molecular flexibility index (Phi) is 5.17. The molecule has 0 bridgehead atoms. The van der Waals surface area contributed by atoms with E-state index in [1.807, 2.05) is 0 Å². The SMILES string of the molecule is CC(=O)CC(=O)OCC#C[Si](C)(C)C. The van der Waals surface area contributed by atoms with Gasteiger partial charge in [-0.25, -0.2) is 0 Å². The predicted molar refractivity (Wildman–Crippen MR) is 57.4 cm³/mol. The van der Waals surface area contributed by atoms with Crippen LogP contribution in [0.25, 0.3) is 0 Å². The highest BCUT2D eigenvalue weighted by Crippen LogP contribution is 1.96. The molecule has 0 fully saturated rings. The zero-order valence-corrected chi connectivity index (χ0v) is 10.1. The maximum atomic E-state index is 10.9. The molecule has 78 valence electrons. The Bertz CT molecular complexity index is 278. The first-order valence-electron chi connectivity index (χ1n) is 4.46. The Morgan fingerprint density at radius 1 is 1.29 bits per heavy atom. The molecule has 14 heavy (non-hydrogen) atoms. The summed E-state index contributed by atoms with van der Waals surface area (Å²) < 4.78 is 4.74. The summed E-state index contributed by atoms with van der Waals surface area (Å²) in [4.78, 5) is 21.4. The van der Waals surface area contributed by atoms with Crippen molar-refractivity contribution in [3.05, 3.63) is 0 Å². The van der Waals surface area contributed by atoms with Gasteiger partial charge in [-0.05, 0) is 6.92 Å². The lowest BCUT2D eigenvalue weighted by molar-refractivity contribution is -0.144. The van der Waals surface area contributed by atoms with Crippen LogP contribution in [0.5, 0.6) is 0 Å². The first-order chi connectivity index (χ1) is 6.31. The van der Waals surface area contributed by atoms with Crippen LogP contribution in [0, 0.1) is 11.5 Å². The van der Waals surface area contributed by atoms with Crippen LogP contribution in [-0.2, 0) is 14.3 Å². The monoisotopic (exact) mass is 212 g/mol. The molecule has 0 aromatic heterocycles. The van der Waals surface area contributed by atoms with Crippen molar-refractivity contribution < 1.29 is 14.3 Å².